The molecule has 0 aliphatic heterocycles. The number of ketones is 1. The molecule has 0 N–H and O–H groups in total. The number of hydrogen-bond acceptors (Lipinski definition) is 3. The Hall–Kier alpha value is -0.930. The number of hydrogen-bond donors (Lipinski definition) is 0. The molecule has 1 aliphatic carbocycles. The molecule has 82 valence electrons. The van der Waals surface area contributed by atoms with Crippen molar-refractivity contribution in [3.63, 3.8) is 0 Å². The molecule has 0 amide bonds. The van der Waals surface area contributed by atoms with Gasteiger partial charge >= 0.3 is 0 Å². The lowest BCUT2D eigenvalue weighted by Gasteiger charge is -1.97. The maximum absolute atomic E-state index is 12.4. The summed E-state index contributed by atoms with van der Waals surface area (Å²) < 4.78 is 0. The van der Waals surface area contributed by atoms with Gasteiger partial charge in [0.2, 0.25) is 0 Å². The SMILES string of the molecule is Cc1sc2c(c1C)C(=O)c1c-2sc(C)c1C. The third-order valence-corrected chi connectivity index (χ3v) is 6.01. The second-order valence-corrected chi connectivity index (χ2v) is 6.75. The number of rotatable bonds is 0. The van der Waals surface area contributed by atoms with Gasteiger partial charge in [-0.05, 0) is 38.8 Å². The Morgan fingerprint density at radius 1 is 0.750 bits per heavy atom. The molecule has 0 aromatic carbocycles. The van der Waals surface area contributed by atoms with Gasteiger partial charge in [-0.1, -0.05) is 0 Å². The van der Waals surface area contributed by atoms with E-state index in [1.807, 2.05) is 0 Å². The van der Waals surface area contributed by atoms with Crippen molar-refractivity contribution >= 4 is 28.5 Å². The quantitative estimate of drug-likeness (QED) is 0.581. The van der Waals surface area contributed by atoms with E-state index >= 15 is 0 Å². The zero-order valence-corrected chi connectivity index (χ0v) is 11.4. The zero-order valence-electron chi connectivity index (χ0n) is 9.72. The Morgan fingerprint density at radius 2 is 1.12 bits per heavy atom. The molecule has 2 heterocycles. The van der Waals surface area contributed by atoms with Crippen LogP contribution in [0.4, 0.5) is 0 Å². The Balaban J connectivity index is 2.41. The summed E-state index contributed by atoms with van der Waals surface area (Å²) in [5.74, 6) is 0.244. The van der Waals surface area contributed by atoms with Crippen molar-refractivity contribution in [2.24, 2.45) is 0 Å². The second kappa shape index (κ2) is 3.05. The average molecular weight is 248 g/mol. The van der Waals surface area contributed by atoms with Crippen molar-refractivity contribution < 1.29 is 4.79 Å². The molecule has 0 radical (unpaired) electrons. The number of carbonyl (C=O) groups is 1. The molecule has 0 fully saturated rings. The summed E-state index contributed by atoms with van der Waals surface area (Å²) >= 11 is 3.52. The molecule has 0 atom stereocenters. The lowest BCUT2D eigenvalue weighted by Crippen LogP contribution is -1.98. The lowest BCUT2D eigenvalue weighted by atomic mass is 10.1. The van der Waals surface area contributed by atoms with Crippen LogP contribution in [-0.4, -0.2) is 5.78 Å². The van der Waals surface area contributed by atoms with E-state index in [-0.39, 0.29) is 5.78 Å². The van der Waals surface area contributed by atoms with Crippen LogP contribution in [0.15, 0.2) is 0 Å². The first kappa shape index (κ1) is 10.2. The van der Waals surface area contributed by atoms with Gasteiger partial charge < -0.3 is 0 Å². The topological polar surface area (TPSA) is 17.1 Å². The summed E-state index contributed by atoms with van der Waals surface area (Å²) in [5.41, 5.74) is 4.27. The molecule has 2 aromatic heterocycles. The van der Waals surface area contributed by atoms with E-state index in [1.54, 1.807) is 22.7 Å². The molecule has 3 heteroatoms. The molecule has 0 saturated carbocycles. The predicted molar refractivity (Wildman–Crippen MR) is 70.0 cm³/mol. The maximum Gasteiger partial charge on any atom is 0.196 e. The van der Waals surface area contributed by atoms with Crippen molar-refractivity contribution in [2.75, 3.05) is 0 Å². The maximum atomic E-state index is 12.4. The third kappa shape index (κ3) is 1.03. The van der Waals surface area contributed by atoms with Gasteiger partial charge in [0, 0.05) is 20.9 Å². The van der Waals surface area contributed by atoms with E-state index in [9.17, 15) is 4.79 Å². The monoisotopic (exact) mass is 248 g/mol. The molecule has 2 aromatic rings. The molecule has 3 rings (SSSR count). The fourth-order valence-corrected chi connectivity index (χ4v) is 4.70. The standard InChI is InChI=1S/C13H12OS2/c1-5-7(3)15-12-9(5)11(14)10-6(2)8(4)16-13(10)12/h1-4H3. The van der Waals surface area contributed by atoms with Crippen LogP contribution >= 0.6 is 22.7 Å². The molecular formula is C13H12OS2. The minimum absolute atomic E-state index is 0.244. The Labute approximate surface area is 103 Å². The Kier molecular flexibility index (Phi) is 1.95. The van der Waals surface area contributed by atoms with Crippen LogP contribution in [-0.2, 0) is 0 Å². The molecule has 16 heavy (non-hydrogen) atoms. The van der Waals surface area contributed by atoms with Crippen LogP contribution in [0.5, 0.6) is 0 Å². The van der Waals surface area contributed by atoms with Crippen molar-refractivity contribution in [3.8, 4) is 9.75 Å². The van der Waals surface area contributed by atoms with E-state index in [1.165, 1.54) is 30.6 Å². The normalized spacial score (nSPS) is 13.1. The van der Waals surface area contributed by atoms with Gasteiger partial charge in [-0.3, -0.25) is 4.79 Å². The van der Waals surface area contributed by atoms with Gasteiger partial charge in [0.15, 0.2) is 5.78 Å². The van der Waals surface area contributed by atoms with Crippen molar-refractivity contribution in [2.45, 2.75) is 27.7 Å². The van der Waals surface area contributed by atoms with Crippen molar-refractivity contribution in [1.82, 2.24) is 0 Å². The Morgan fingerprint density at radius 3 is 1.50 bits per heavy atom. The molecule has 0 bridgehead atoms. The van der Waals surface area contributed by atoms with Crippen LogP contribution in [0.2, 0.25) is 0 Å². The zero-order chi connectivity index (χ0) is 11.6. The van der Waals surface area contributed by atoms with Crippen LogP contribution in [0.3, 0.4) is 0 Å². The first-order chi connectivity index (χ1) is 7.52. The van der Waals surface area contributed by atoms with Gasteiger partial charge in [0.25, 0.3) is 0 Å². The van der Waals surface area contributed by atoms with Crippen LogP contribution in [0.1, 0.15) is 36.8 Å². The number of carbonyl (C=O) groups excluding carboxylic acids is 1. The molecular weight excluding hydrogens is 236 g/mol. The predicted octanol–water partition coefficient (Wildman–Crippen LogP) is 4.25. The van der Waals surface area contributed by atoms with Gasteiger partial charge in [-0.2, -0.15) is 0 Å². The minimum atomic E-state index is 0.244. The number of thiophene rings is 2. The van der Waals surface area contributed by atoms with Gasteiger partial charge in [-0.25, -0.2) is 0 Å². The van der Waals surface area contributed by atoms with Crippen LogP contribution < -0.4 is 0 Å². The van der Waals surface area contributed by atoms with Gasteiger partial charge in [0.05, 0.1) is 9.75 Å². The highest BCUT2D eigenvalue weighted by atomic mass is 32.1. The van der Waals surface area contributed by atoms with E-state index in [0.29, 0.717) is 0 Å². The van der Waals surface area contributed by atoms with E-state index in [2.05, 4.69) is 27.7 Å². The van der Waals surface area contributed by atoms with E-state index in [4.69, 9.17) is 0 Å². The molecule has 1 aliphatic rings. The van der Waals surface area contributed by atoms with Crippen molar-refractivity contribution in [1.29, 1.82) is 0 Å². The average Bonchev–Trinajstić information content (AvgIpc) is 2.76. The first-order valence-corrected chi connectivity index (χ1v) is 6.90. The molecule has 0 saturated heterocycles. The molecule has 0 spiro atoms. The van der Waals surface area contributed by atoms with Gasteiger partial charge in [0.1, 0.15) is 0 Å². The summed E-state index contributed by atoms with van der Waals surface area (Å²) in [5, 5.41) is 0. The molecule has 0 unspecified atom stereocenters. The lowest BCUT2D eigenvalue weighted by molar-refractivity contribution is 0.104. The van der Waals surface area contributed by atoms with Crippen molar-refractivity contribution in [3.05, 3.63) is 32.0 Å². The number of fused-ring (bicyclic) bond motifs is 3. The second-order valence-electron chi connectivity index (χ2n) is 4.30. The third-order valence-electron chi connectivity index (χ3n) is 3.43. The highest BCUT2D eigenvalue weighted by Crippen LogP contribution is 2.49. The summed E-state index contributed by atoms with van der Waals surface area (Å²) in [6, 6.07) is 0. The Bertz CT molecular complexity index is 575. The van der Waals surface area contributed by atoms with E-state index in [0.717, 1.165) is 11.1 Å². The highest BCUT2D eigenvalue weighted by Gasteiger charge is 2.34. The largest absolute Gasteiger partial charge is 0.288 e. The first-order valence-electron chi connectivity index (χ1n) is 5.27. The molecule has 1 nitrogen and oxygen atoms in total. The number of aryl methyl sites for hydroxylation is 2. The fourth-order valence-electron chi connectivity index (χ4n) is 2.25. The minimum Gasteiger partial charge on any atom is -0.288 e. The van der Waals surface area contributed by atoms with E-state index < -0.39 is 0 Å². The summed E-state index contributed by atoms with van der Waals surface area (Å²) in [4.78, 5) is 17.3. The van der Waals surface area contributed by atoms with Crippen LogP contribution in [0, 0.1) is 27.7 Å². The summed E-state index contributed by atoms with van der Waals surface area (Å²) in [6.45, 7) is 8.31. The fraction of sp³-hybridized carbons (Fsp3) is 0.308. The summed E-state index contributed by atoms with van der Waals surface area (Å²) in [7, 11) is 0. The van der Waals surface area contributed by atoms with Gasteiger partial charge in [-0.15, -0.1) is 22.7 Å². The summed E-state index contributed by atoms with van der Waals surface area (Å²) in [6.07, 6.45) is 0. The highest BCUT2D eigenvalue weighted by molar-refractivity contribution is 7.23. The van der Waals surface area contributed by atoms with Crippen LogP contribution in [0.25, 0.3) is 9.75 Å². The smallest absolute Gasteiger partial charge is 0.196 e.